The van der Waals surface area contributed by atoms with Gasteiger partial charge in [0, 0.05) is 14.2 Å². The van der Waals surface area contributed by atoms with Crippen LogP contribution in [0.3, 0.4) is 0 Å². The molecule has 0 N–H and O–H groups in total. The van der Waals surface area contributed by atoms with Crippen molar-refractivity contribution in [3.63, 3.8) is 0 Å². The minimum absolute atomic E-state index is 1.13. The Morgan fingerprint density at radius 2 is 0.778 bits per heavy atom. The van der Waals surface area contributed by atoms with Crippen LogP contribution < -0.4 is 0 Å². The minimum Gasteiger partial charge on any atom is -0.421 e. The van der Waals surface area contributed by atoms with Crippen LogP contribution in [0.4, 0.5) is 0 Å². The van der Waals surface area contributed by atoms with E-state index in [9.17, 15) is 0 Å². The monoisotopic (exact) mass is 420 g/mol. The van der Waals surface area contributed by atoms with Crippen molar-refractivity contribution in [1.29, 1.82) is 0 Å². The highest BCUT2D eigenvalue weighted by molar-refractivity contribution is 6.71. The Balaban J connectivity index is -0.000000351. The Bertz CT molecular complexity index is 258. The molecule has 0 unspecified atom stereocenters. The maximum absolute atomic E-state index is 5.50. The average Bonchev–Trinajstić information content (AvgIpc) is 2.62. The SMILES string of the molecule is CCCCCCCC.CCCCCCCC[Si](C)(C)OC.CO[Si](C)(C)C. The maximum atomic E-state index is 5.50. The smallest absolute Gasteiger partial charge is 0.186 e. The van der Waals surface area contributed by atoms with E-state index < -0.39 is 16.6 Å². The summed E-state index contributed by atoms with van der Waals surface area (Å²) >= 11 is 0. The molecule has 0 aromatic heterocycles. The first-order chi connectivity index (χ1) is 12.6. The Hall–Kier alpha value is 0.354. The first kappa shape index (κ1) is 32.0. The van der Waals surface area contributed by atoms with E-state index in [2.05, 4.69) is 53.5 Å². The molecule has 0 saturated carbocycles. The number of hydrogen-bond donors (Lipinski definition) is 0. The molecule has 168 valence electrons. The first-order valence-electron chi connectivity index (χ1n) is 11.7. The fourth-order valence-corrected chi connectivity index (χ4v) is 3.59. The third kappa shape index (κ3) is 37.7. The second-order valence-electron chi connectivity index (χ2n) is 9.21. The van der Waals surface area contributed by atoms with Gasteiger partial charge < -0.3 is 8.85 Å². The third-order valence-electron chi connectivity index (χ3n) is 4.75. The van der Waals surface area contributed by atoms with Gasteiger partial charge in [-0.2, -0.15) is 0 Å². The van der Waals surface area contributed by atoms with Crippen molar-refractivity contribution in [1.82, 2.24) is 0 Å². The van der Waals surface area contributed by atoms with E-state index in [1.54, 1.807) is 7.11 Å². The zero-order valence-corrected chi connectivity index (χ0v) is 23.0. The lowest BCUT2D eigenvalue weighted by molar-refractivity contribution is 0.400. The lowest BCUT2D eigenvalue weighted by atomic mass is 10.1. The van der Waals surface area contributed by atoms with E-state index in [-0.39, 0.29) is 0 Å². The summed E-state index contributed by atoms with van der Waals surface area (Å²) in [5.74, 6) is 0. The van der Waals surface area contributed by atoms with Gasteiger partial charge in [0.2, 0.25) is 0 Å². The zero-order chi connectivity index (χ0) is 21.6. The van der Waals surface area contributed by atoms with Crippen molar-refractivity contribution in [3.8, 4) is 0 Å². The van der Waals surface area contributed by atoms with Gasteiger partial charge >= 0.3 is 0 Å². The highest BCUT2D eigenvalue weighted by Gasteiger charge is 2.18. The van der Waals surface area contributed by atoms with Crippen LogP contribution in [0.5, 0.6) is 0 Å². The molecule has 0 aliphatic carbocycles. The van der Waals surface area contributed by atoms with Crippen LogP contribution in [-0.2, 0) is 8.85 Å². The average molecular weight is 421 g/mol. The van der Waals surface area contributed by atoms with Gasteiger partial charge in [0.25, 0.3) is 0 Å². The van der Waals surface area contributed by atoms with Crippen LogP contribution in [0.15, 0.2) is 0 Å². The predicted octanol–water partition coefficient (Wildman–Crippen LogP) is 9.03. The Morgan fingerprint density at radius 1 is 0.481 bits per heavy atom. The first-order valence-corrected chi connectivity index (χ1v) is 18.2. The van der Waals surface area contributed by atoms with Crippen LogP contribution >= 0.6 is 0 Å². The predicted molar refractivity (Wildman–Crippen MR) is 132 cm³/mol. The van der Waals surface area contributed by atoms with Crippen molar-refractivity contribution >= 4 is 16.6 Å². The van der Waals surface area contributed by atoms with Gasteiger partial charge in [0.05, 0.1) is 0 Å². The normalized spacial score (nSPS) is 11.3. The quantitative estimate of drug-likeness (QED) is 0.206. The molecule has 0 aromatic rings. The molecule has 0 aromatic carbocycles. The molecule has 0 spiro atoms. The van der Waals surface area contributed by atoms with Crippen LogP contribution in [-0.4, -0.2) is 30.9 Å². The molecule has 0 aliphatic rings. The summed E-state index contributed by atoms with van der Waals surface area (Å²) in [6.07, 6.45) is 16.9. The maximum Gasteiger partial charge on any atom is 0.186 e. The topological polar surface area (TPSA) is 18.5 Å². The molecule has 0 rings (SSSR count). The summed E-state index contributed by atoms with van der Waals surface area (Å²) in [6.45, 7) is 17.9. The van der Waals surface area contributed by atoms with Crippen molar-refractivity contribution in [2.24, 2.45) is 0 Å². The molecular formula is C23H56O2Si2. The summed E-state index contributed by atoms with van der Waals surface area (Å²) in [5, 5.41) is 0. The van der Waals surface area contributed by atoms with E-state index >= 15 is 0 Å². The molecule has 0 fully saturated rings. The second-order valence-corrected chi connectivity index (χ2v) is 18.3. The van der Waals surface area contributed by atoms with Gasteiger partial charge in [-0.3, -0.25) is 0 Å². The minimum atomic E-state index is -1.25. The Labute approximate surface area is 176 Å². The van der Waals surface area contributed by atoms with E-state index in [4.69, 9.17) is 8.85 Å². The van der Waals surface area contributed by atoms with Crippen LogP contribution in [0, 0.1) is 0 Å². The fourth-order valence-electron chi connectivity index (χ4n) is 2.29. The zero-order valence-electron chi connectivity index (χ0n) is 21.0. The molecular weight excluding hydrogens is 364 g/mol. The van der Waals surface area contributed by atoms with Gasteiger partial charge in [-0.15, -0.1) is 0 Å². The second kappa shape index (κ2) is 22.6. The fraction of sp³-hybridized carbons (Fsp3) is 1.00. The largest absolute Gasteiger partial charge is 0.421 e. The van der Waals surface area contributed by atoms with Gasteiger partial charge in [-0.25, -0.2) is 0 Å². The van der Waals surface area contributed by atoms with Gasteiger partial charge in [-0.1, -0.05) is 97.8 Å². The van der Waals surface area contributed by atoms with Crippen LogP contribution in [0.25, 0.3) is 0 Å². The molecule has 4 heteroatoms. The molecule has 0 heterocycles. The number of unbranched alkanes of at least 4 members (excludes halogenated alkanes) is 10. The lowest BCUT2D eigenvalue weighted by Gasteiger charge is -2.19. The molecule has 27 heavy (non-hydrogen) atoms. The van der Waals surface area contributed by atoms with Crippen LogP contribution in [0.2, 0.25) is 38.8 Å². The summed E-state index contributed by atoms with van der Waals surface area (Å²) < 4.78 is 10.6. The molecule has 0 radical (unpaired) electrons. The summed E-state index contributed by atoms with van der Waals surface area (Å²) in [7, 11) is 1.26. The van der Waals surface area contributed by atoms with Crippen molar-refractivity contribution in [3.05, 3.63) is 0 Å². The molecule has 0 aliphatic heterocycles. The molecule has 0 atom stereocenters. The van der Waals surface area contributed by atoms with Gasteiger partial charge in [0.15, 0.2) is 16.6 Å². The van der Waals surface area contributed by atoms with Crippen molar-refractivity contribution in [2.45, 2.75) is 137 Å². The van der Waals surface area contributed by atoms with Crippen LogP contribution in [0.1, 0.15) is 97.8 Å². The molecule has 0 bridgehead atoms. The standard InChI is InChI=1S/C11H26OSi.C8H18.C4H12OSi/c1-5-6-7-8-9-10-11-13(3,4)12-2;1-3-5-7-8-6-4-2;1-5-6(2,3)4/h5-11H2,1-4H3;3-8H2,1-2H3;1-4H3. The molecule has 0 amide bonds. The van der Waals surface area contributed by atoms with Gasteiger partial charge in [0.1, 0.15) is 0 Å². The highest BCUT2D eigenvalue weighted by atomic mass is 28.4. The summed E-state index contributed by atoms with van der Waals surface area (Å²) in [6, 6.07) is 1.33. The molecule has 2 nitrogen and oxygen atoms in total. The van der Waals surface area contributed by atoms with E-state index in [0.717, 1.165) is 0 Å². The highest BCUT2D eigenvalue weighted by Crippen LogP contribution is 2.16. The Morgan fingerprint density at radius 3 is 1.04 bits per heavy atom. The molecule has 0 saturated heterocycles. The van der Waals surface area contributed by atoms with Crippen molar-refractivity contribution in [2.75, 3.05) is 14.2 Å². The van der Waals surface area contributed by atoms with E-state index in [0.29, 0.717) is 0 Å². The van der Waals surface area contributed by atoms with E-state index in [1.165, 1.54) is 83.1 Å². The summed E-state index contributed by atoms with van der Waals surface area (Å²) in [5.41, 5.74) is 0. The number of rotatable bonds is 14. The number of hydrogen-bond acceptors (Lipinski definition) is 2. The van der Waals surface area contributed by atoms with E-state index in [1.807, 2.05) is 7.11 Å². The van der Waals surface area contributed by atoms with Gasteiger partial charge in [-0.05, 0) is 38.8 Å². The third-order valence-corrected chi connectivity index (χ3v) is 8.64. The Kier molecular flexibility index (Phi) is 26.9. The van der Waals surface area contributed by atoms with Crippen molar-refractivity contribution < 1.29 is 8.85 Å². The lowest BCUT2D eigenvalue weighted by Crippen LogP contribution is -2.27. The summed E-state index contributed by atoms with van der Waals surface area (Å²) in [4.78, 5) is 0.